The molecule has 1 aromatic carbocycles. The molecular formula is C13H18N2O3. The maximum Gasteiger partial charge on any atom is 0.274 e. The number of nitro groups is 1. The Morgan fingerprint density at radius 2 is 2.06 bits per heavy atom. The zero-order chi connectivity index (χ0) is 12.8. The molecule has 1 heterocycles. The Bertz CT molecular complexity index is 403. The molecule has 2 rings (SSSR count). The van der Waals surface area contributed by atoms with E-state index in [0.29, 0.717) is 24.7 Å². The summed E-state index contributed by atoms with van der Waals surface area (Å²) in [5.41, 5.74) is 0.791. The van der Waals surface area contributed by atoms with Gasteiger partial charge in [0.2, 0.25) is 0 Å². The van der Waals surface area contributed by atoms with E-state index in [2.05, 4.69) is 5.32 Å². The number of rotatable bonds is 5. The molecule has 0 bridgehead atoms. The summed E-state index contributed by atoms with van der Waals surface area (Å²) in [4.78, 5) is 10.5. The van der Waals surface area contributed by atoms with Crippen molar-refractivity contribution in [2.24, 2.45) is 5.92 Å². The van der Waals surface area contributed by atoms with Gasteiger partial charge in [0.15, 0.2) is 0 Å². The smallest absolute Gasteiger partial charge is 0.274 e. The van der Waals surface area contributed by atoms with Crippen LogP contribution in [0, 0.1) is 16.0 Å². The summed E-state index contributed by atoms with van der Waals surface area (Å²) in [5, 5.41) is 14.1. The van der Waals surface area contributed by atoms with Crippen molar-refractivity contribution in [2.75, 3.05) is 19.7 Å². The maximum absolute atomic E-state index is 10.8. The average molecular weight is 250 g/mol. The van der Waals surface area contributed by atoms with Gasteiger partial charge in [0.05, 0.1) is 17.1 Å². The van der Waals surface area contributed by atoms with Crippen LogP contribution in [0.15, 0.2) is 24.3 Å². The van der Waals surface area contributed by atoms with E-state index in [9.17, 15) is 10.1 Å². The zero-order valence-electron chi connectivity index (χ0n) is 10.3. The number of nitro benzene ring substituents is 1. The fourth-order valence-corrected chi connectivity index (χ4v) is 2.19. The van der Waals surface area contributed by atoms with Crippen LogP contribution >= 0.6 is 0 Å². The highest BCUT2D eigenvalue weighted by Gasteiger charge is 2.15. The highest BCUT2D eigenvalue weighted by molar-refractivity contribution is 5.39. The van der Waals surface area contributed by atoms with E-state index in [-0.39, 0.29) is 10.6 Å². The summed E-state index contributed by atoms with van der Waals surface area (Å²) in [7, 11) is 0. The topological polar surface area (TPSA) is 64.4 Å². The van der Waals surface area contributed by atoms with Crippen LogP contribution < -0.4 is 5.32 Å². The number of ether oxygens (including phenoxy) is 1. The van der Waals surface area contributed by atoms with Gasteiger partial charge in [-0.05, 0) is 37.9 Å². The first-order chi connectivity index (χ1) is 8.77. The number of hydrogen-bond acceptors (Lipinski definition) is 4. The van der Waals surface area contributed by atoms with Crippen molar-refractivity contribution in [1.29, 1.82) is 0 Å². The van der Waals surface area contributed by atoms with Gasteiger partial charge in [-0.25, -0.2) is 0 Å². The molecule has 1 aliphatic heterocycles. The van der Waals surface area contributed by atoms with Crippen molar-refractivity contribution in [1.82, 2.24) is 5.32 Å². The third-order valence-electron chi connectivity index (χ3n) is 3.26. The van der Waals surface area contributed by atoms with Crippen molar-refractivity contribution in [3.05, 3.63) is 39.9 Å². The summed E-state index contributed by atoms with van der Waals surface area (Å²) in [6.45, 7) is 3.09. The number of piperidine rings is 1. The Kier molecular flexibility index (Phi) is 4.66. The number of para-hydroxylation sites is 1. The fourth-order valence-electron chi connectivity index (χ4n) is 2.19. The van der Waals surface area contributed by atoms with E-state index in [1.54, 1.807) is 18.2 Å². The summed E-state index contributed by atoms with van der Waals surface area (Å²) < 4.78 is 5.62. The molecule has 0 amide bonds. The van der Waals surface area contributed by atoms with E-state index in [4.69, 9.17) is 4.74 Å². The molecule has 1 fully saturated rings. The standard InChI is InChI=1S/C13H18N2O3/c16-15(17)13-4-2-1-3-12(13)10-18-9-11-5-7-14-8-6-11/h1-4,11,14H,5-10H2. The quantitative estimate of drug-likeness (QED) is 0.642. The van der Waals surface area contributed by atoms with Crippen LogP contribution in [0.25, 0.3) is 0 Å². The Morgan fingerprint density at radius 1 is 1.33 bits per heavy atom. The van der Waals surface area contributed by atoms with Crippen molar-refractivity contribution in [3.63, 3.8) is 0 Å². The Morgan fingerprint density at radius 3 is 2.78 bits per heavy atom. The molecule has 0 spiro atoms. The third-order valence-corrected chi connectivity index (χ3v) is 3.26. The molecule has 1 saturated heterocycles. The number of nitrogens with one attached hydrogen (secondary N) is 1. The Hall–Kier alpha value is -1.46. The second kappa shape index (κ2) is 6.47. The largest absolute Gasteiger partial charge is 0.376 e. The molecule has 98 valence electrons. The van der Waals surface area contributed by atoms with Gasteiger partial charge in [0.25, 0.3) is 5.69 Å². The van der Waals surface area contributed by atoms with Crippen LogP contribution in [0.2, 0.25) is 0 Å². The van der Waals surface area contributed by atoms with E-state index in [1.165, 1.54) is 6.07 Å². The molecule has 18 heavy (non-hydrogen) atoms. The van der Waals surface area contributed by atoms with Gasteiger partial charge in [-0.3, -0.25) is 10.1 Å². The van der Waals surface area contributed by atoms with Gasteiger partial charge in [-0.15, -0.1) is 0 Å². The van der Waals surface area contributed by atoms with Crippen molar-refractivity contribution in [3.8, 4) is 0 Å². The van der Waals surface area contributed by atoms with Gasteiger partial charge in [-0.1, -0.05) is 12.1 Å². The minimum atomic E-state index is -0.358. The molecule has 1 N–H and O–H groups in total. The van der Waals surface area contributed by atoms with Gasteiger partial charge >= 0.3 is 0 Å². The first-order valence-electron chi connectivity index (χ1n) is 6.28. The molecule has 0 atom stereocenters. The molecule has 5 nitrogen and oxygen atoms in total. The summed E-state index contributed by atoms with van der Waals surface area (Å²) >= 11 is 0. The van der Waals surface area contributed by atoms with Crippen LogP contribution in [0.1, 0.15) is 18.4 Å². The van der Waals surface area contributed by atoms with Crippen LogP contribution in [-0.4, -0.2) is 24.6 Å². The zero-order valence-corrected chi connectivity index (χ0v) is 10.3. The lowest BCUT2D eigenvalue weighted by Gasteiger charge is -2.22. The normalized spacial score (nSPS) is 16.7. The monoisotopic (exact) mass is 250 g/mol. The van der Waals surface area contributed by atoms with Gasteiger partial charge in [0.1, 0.15) is 0 Å². The number of nitrogens with zero attached hydrogens (tertiary/aromatic N) is 1. The summed E-state index contributed by atoms with van der Waals surface area (Å²) in [6.07, 6.45) is 2.24. The molecule has 0 saturated carbocycles. The van der Waals surface area contributed by atoms with Crippen LogP contribution in [0.5, 0.6) is 0 Å². The Balaban J connectivity index is 1.84. The van der Waals surface area contributed by atoms with Crippen LogP contribution in [-0.2, 0) is 11.3 Å². The van der Waals surface area contributed by atoms with E-state index in [0.717, 1.165) is 25.9 Å². The SMILES string of the molecule is O=[N+]([O-])c1ccccc1COCC1CCNCC1. The number of hydrogen-bond donors (Lipinski definition) is 1. The minimum Gasteiger partial charge on any atom is -0.376 e. The third kappa shape index (κ3) is 3.51. The van der Waals surface area contributed by atoms with Gasteiger partial charge < -0.3 is 10.1 Å². The van der Waals surface area contributed by atoms with Crippen LogP contribution in [0.3, 0.4) is 0 Å². The van der Waals surface area contributed by atoms with E-state index < -0.39 is 0 Å². The second-order valence-corrected chi connectivity index (χ2v) is 4.59. The molecule has 1 aliphatic rings. The van der Waals surface area contributed by atoms with E-state index >= 15 is 0 Å². The van der Waals surface area contributed by atoms with E-state index in [1.807, 2.05) is 0 Å². The summed E-state index contributed by atoms with van der Waals surface area (Å²) in [6, 6.07) is 6.74. The van der Waals surface area contributed by atoms with Crippen LogP contribution in [0.4, 0.5) is 5.69 Å². The van der Waals surface area contributed by atoms with Crippen molar-refractivity contribution in [2.45, 2.75) is 19.4 Å². The summed E-state index contributed by atoms with van der Waals surface area (Å²) in [5.74, 6) is 0.578. The number of benzene rings is 1. The molecule has 0 aliphatic carbocycles. The maximum atomic E-state index is 10.8. The first kappa shape index (κ1) is 13.0. The predicted molar refractivity (Wildman–Crippen MR) is 68.3 cm³/mol. The fraction of sp³-hybridized carbons (Fsp3) is 0.538. The molecule has 0 radical (unpaired) electrons. The highest BCUT2D eigenvalue weighted by Crippen LogP contribution is 2.19. The molecule has 0 unspecified atom stereocenters. The average Bonchev–Trinajstić information content (AvgIpc) is 2.40. The molecule has 0 aromatic heterocycles. The predicted octanol–water partition coefficient (Wildman–Crippen LogP) is 2.11. The molecule has 5 heteroatoms. The molecule has 1 aromatic rings. The highest BCUT2D eigenvalue weighted by atomic mass is 16.6. The van der Waals surface area contributed by atoms with Crippen molar-refractivity contribution < 1.29 is 9.66 Å². The second-order valence-electron chi connectivity index (χ2n) is 4.59. The lowest BCUT2D eigenvalue weighted by molar-refractivity contribution is -0.386. The Labute approximate surface area is 106 Å². The van der Waals surface area contributed by atoms with Gasteiger partial charge in [0, 0.05) is 12.7 Å². The van der Waals surface area contributed by atoms with Crippen molar-refractivity contribution >= 4 is 5.69 Å². The molecular weight excluding hydrogens is 232 g/mol. The lowest BCUT2D eigenvalue weighted by Crippen LogP contribution is -2.29. The minimum absolute atomic E-state index is 0.141. The lowest BCUT2D eigenvalue weighted by atomic mass is 9.99. The first-order valence-corrected chi connectivity index (χ1v) is 6.28. The van der Waals surface area contributed by atoms with Gasteiger partial charge in [-0.2, -0.15) is 0 Å².